The summed E-state index contributed by atoms with van der Waals surface area (Å²) in [5.74, 6) is 1.61. The monoisotopic (exact) mass is 507 g/mol. The Morgan fingerprint density at radius 1 is 1.00 bits per heavy atom. The molecule has 0 atom stereocenters. The lowest BCUT2D eigenvalue weighted by Crippen LogP contribution is -2.54. The Kier molecular flexibility index (Phi) is 7.12. The van der Waals surface area contributed by atoms with Crippen LogP contribution in [-0.4, -0.2) is 80.4 Å². The zero-order chi connectivity index (χ0) is 26.2. The first kappa shape index (κ1) is 25.9. The summed E-state index contributed by atoms with van der Waals surface area (Å²) in [6, 6.07) is 6.19. The highest BCUT2D eigenvalue weighted by atomic mass is 16.5. The van der Waals surface area contributed by atoms with Crippen LogP contribution in [0, 0.1) is 5.41 Å². The second kappa shape index (κ2) is 10.2. The van der Waals surface area contributed by atoms with Gasteiger partial charge in [-0.1, -0.05) is 37.6 Å². The topological polar surface area (TPSA) is 54.5 Å². The maximum atomic E-state index is 13.9. The van der Waals surface area contributed by atoms with E-state index in [9.17, 15) is 4.79 Å². The molecule has 0 unspecified atom stereocenters. The number of hydrogen-bond acceptors (Lipinski definition) is 5. The molecular formula is C30H41N3O4. The molecule has 1 aliphatic carbocycles. The van der Waals surface area contributed by atoms with E-state index in [0.29, 0.717) is 19.7 Å². The molecule has 0 radical (unpaired) electrons. The molecule has 7 heteroatoms. The van der Waals surface area contributed by atoms with Crippen molar-refractivity contribution in [1.82, 2.24) is 14.7 Å². The average molecular weight is 508 g/mol. The Labute approximate surface area is 221 Å². The zero-order valence-corrected chi connectivity index (χ0v) is 23.0. The predicted molar refractivity (Wildman–Crippen MR) is 145 cm³/mol. The number of amides is 2. The van der Waals surface area contributed by atoms with Crippen molar-refractivity contribution >= 4 is 6.03 Å². The molecule has 3 heterocycles. The smallest absolute Gasteiger partial charge is 0.325 e. The zero-order valence-electron chi connectivity index (χ0n) is 23.0. The molecule has 4 aliphatic rings. The van der Waals surface area contributed by atoms with E-state index in [0.717, 1.165) is 56.8 Å². The number of allylic oxidation sites excluding steroid dienone is 3. The summed E-state index contributed by atoms with van der Waals surface area (Å²) >= 11 is 0. The second-order valence-corrected chi connectivity index (χ2v) is 11.2. The lowest BCUT2D eigenvalue weighted by atomic mass is 9.75. The first-order valence-electron chi connectivity index (χ1n) is 13.5. The molecule has 0 bridgehead atoms. The Morgan fingerprint density at radius 3 is 2.35 bits per heavy atom. The molecule has 0 aromatic heterocycles. The molecule has 2 amide bonds. The highest BCUT2D eigenvalue weighted by Gasteiger charge is 2.55. The standard InChI is InChI=1S/C30H41N3O4/c1-29(2)19-27-30(10-12-31(13-11-30)20-22-16-24(36-4)18-25(17-22)37-5)33(14-15-35-3)28(34)32(27)21-23-8-6-7-9-26(23)29/h6,8,16-19H,7,9-15,20-21H2,1-5H3. The summed E-state index contributed by atoms with van der Waals surface area (Å²) in [6.45, 7) is 9.10. The molecule has 0 saturated carbocycles. The van der Waals surface area contributed by atoms with Crippen molar-refractivity contribution in [1.29, 1.82) is 0 Å². The van der Waals surface area contributed by atoms with Gasteiger partial charge in [-0.2, -0.15) is 0 Å². The number of methoxy groups -OCH3 is 3. The minimum Gasteiger partial charge on any atom is -0.497 e. The molecule has 1 aromatic carbocycles. The number of carbonyl (C=O) groups is 1. The van der Waals surface area contributed by atoms with Crippen molar-refractivity contribution in [2.24, 2.45) is 5.41 Å². The predicted octanol–water partition coefficient (Wildman–Crippen LogP) is 4.99. The van der Waals surface area contributed by atoms with Gasteiger partial charge >= 0.3 is 6.03 Å². The van der Waals surface area contributed by atoms with E-state index in [4.69, 9.17) is 14.2 Å². The summed E-state index contributed by atoms with van der Waals surface area (Å²) < 4.78 is 16.4. The van der Waals surface area contributed by atoms with E-state index in [1.165, 1.54) is 22.4 Å². The van der Waals surface area contributed by atoms with Crippen LogP contribution in [0.1, 0.15) is 45.1 Å². The molecule has 200 valence electrons. The number of ether oxygens (including phenoxy) is 3. The van der Waals surface area contributed by atoms with Crippen molar-refractivity contribution in [3.63, 3.8) is 0 Å². The maximum Gasteiger partial charge on any atom is 0.325 e. The van der Waals surface area contributed by atoms with Crippen molar-refractivity contribution < 1.29 is 19.0 Å². The van der Waals surface area contributed by atoms with Gasteiger partial charge in [0.15, 0.2) is 0 Å². The lowest BCUT2D eigenvalue weighted by molar-refractivity contribution is 0.0666. The number of rotatable bonds is 7. The molecule has 3 aliphatic heterocycles. The van der Waals surface area contributed by atoms with Gasteiger partial charge in [-0.3, -0.25) is 9.80 Å². The number of fused-ring (bicyclic) bond motifs is 2. The Morgan fingerprint density at radius 2 is 1.70 bits per heavy atom. The van der Waals surface area contributed by atoms with Crippen LogP contribution in [0.2, 0.25) is 0 Å². The maximum absolute atomic E-state index is 13.9. The van der Waals surface area contributed by atoms with E-state index < -0.39 is 0 Å². The van der Waals surface area contributed by atoms with Gasteiger partial charge < -0.3 is 19.1 Å². The molecule has 37 heavy (non-hydrogen) atoms. The Hall–Kier alpha value is -2.77. The van der Waals surface area contributed by atoms with Gasteiger partial charge in [0.1, 0.15) is 11.5 Å². The summed E-state index contributed by atoms with van der Waals surface area (Å²) in [5.41, 5.74) is 4.78. The minimum absolute atomic E-state index is 0.0804. The molecule has 7 nitrogen and oxygen atoms in total. The summed E-state index contributed by atoms with van der Waals surface area (Å²) in [5, 5.41) is 0. The van der Waals surface area contributed by atoms with Crippen LogP contribution in [0.4, 0.5) is 4.79 Å². The highest BCUT2D eigenvalue weighted by Crippen LogP contribution is 2.50. The fraction of sp³-hybridized carbons (Fsp3) is 0.567. The van der Waals surface area contributed by atoms with Crippen molar-refractivity contribution in [2.45, 2.75) is 51.6 Å². The first-order valence-corrected chi connectivity index (χ1v) is 13.5. The van der Waals surface area contributed by atoms with Gasteiger partial charge in [0.05, 0.1) is 32.9 Å². The second-order valence-electron chi connectivity index (χ2n) is 11.2. The first-order chi connectivity index (χ1) is 17.8. The van der Waals surface area contributed by atoms with E-state index in [2.05, 4.69) is 58.9 Å². The lowest BCUT2D eigenvalue weighted by Gasteiger charge is -2.45. The van der Waals surface area contributed by atoms with Gasteiger partial charge in [-0.25, -0.2) is 4.79 Å². The molecule has 5 rings (SSSR count). The van der Waals surface area contributed by atoms with E-state index in [1.807, 2.05) is 6.07 Å². The van der Waals surface area contributed by atoms with Crippen LogP contribution in [0.3, 0.4) is 0 Å². The third-order valence-corrected chi connectivity index (χ3v) is 8.64. The fourth-order valence-corrected chi connectivity index (χ4v) is 6.70. The fourth-order valence-electron chi connectivity index (χ4n) is 6.70. The van der Waals surface area contributed by atoms with Gasteiger partial charge in [-0.15, -0.1) is 0 Å². The normalized spacial score (nSPS) is 22.6. The van der Waals surface area contributed by atoms with Gasteiger partial charge in [-0.05, 0) is 49.0 Å². The number of nitrogens with zero attached hydrogens (tertiary/aromatic N) is 3. The molecular weight excluding hydrogens is 466 g/mol. The van der Waals surface area contributed by atoms with Gasteiger partial charge in [0, 0.05) is 50.5 Å². The number of hydrogen-bond donors (Lipinski definition) is 0. The van der Waals surface area contributed by atoms with Crippen LogP contribution in [0.25, 0.3) is 0 Å². The van der Waals surface area contributed by atoms with Crippen molar-refractivity contribution in [3.8, 4) is 11.5 Å². The number of piperidine rings is 1. The van der Waals surface area contributed by atoms with Crippen LogP contribution in [0.5, 0.6) is 11.5 Å². The number of carbonyl (C=O) groups excluding carboxylic acids is 1. The molecule has 0 N–H and O–H groups in total. The Balaban J connectivity index is 1.43. The van der Waals surface area contributed by atoms with Crippen LogP contribution in [-0.2, 0) is 11.3 Å². The molecule has 2 saturated heterocycles. The summed E-state index contributed by atoms with van der Waals surface area (Å²) in [6.07, 6.45) is 10.9. The SMILES string of the molecule is COCCN1C(=O)N2CC3=C(CCC=C3)C(C)(C)C=C2C12CCN(Cc1cc(OC)cc(OC)c1)CC2. The summed E-state index contributed by atoms with van der Waals surface area (Å²) in [4.78, 5) is 20.6. The summed E-state index contributed by atoms with van der Waals surface area (Å²) in [7, 11) is 5.08. The minimum atomic E-state index is -0.298. The van der Waals surface area contributed by atoms with Crippen LogP contribution in [0.15, 0.2) is 53.3 Å². The Bertz CT molecular complexity index is 1110. The van der Waals surface area contributed by atoms with E-state index >= 15 is 0 Å². The molecule has 2 fully saturated rings. The highest BCUT2D eigenvalue weighted by molar-refractivity contribution is 5.83. The average Bonchev–Trinajstić information content (AvgIpc) is 3.01. The third-order valence-electron chi connectivity index (χ3n) is 8.64. The molecule has 1 spiro atoms. The van der Waals surface area contributed by atoms with Crippen molar-refractivity contribution in [3.05, 3.63) is 58.8 Å². The largest absolute Gasteiger partial charge is 0.497 e. The van der Waals surface area contributed by atoms with Crippen LogP contribution < -0.4 is 9.47 Å². The van der Waals surface area contributed by atoms with Gasteiger partial charge in [0.25, 0.3) is 0 Å². The quantitative estimate of drug-likeness (QED) is 0.520. The molecule has 1 aromatic rings. The van der Waals surface area contributed by atoms with Crippen LogP contribution >= 0.6 is 0 Å². The van der Waals surface area contributed by atoms with E-state index in [1.54, 1.807) is 21.3 Å². The number of likely N-dealkylation sites (tertiary alicyclic amines) is 1. The van der Waals surface area contributed by atoms with Gasteiger partial charge in [0.2, 0.25) is 0 Å². The number of benzene rings is 1. The van der Waals surface area contributed by atoms with Crippen molar-refractivity contribution in [2.75, 3.05) is 54.1 Å². The number of urea groups is 1. The van der Waals surface area contributed by atoms with E-state index in [-0.39, 0.29) is 17.0 Å². The third kappa shape index (κ3) is 4.68.